The van der Waals surface area contributed by atoms with Crippen LogP contribution in [0.5, 0.6) is 29.0 Å². The van der Waals surface area contributed by atoms with Crippen LogP contribution in [0.25, 0.3) is 0 Å². The van der Waals surface area contributed by atoms with Crippen LogP contribution in [0.2, 0.25) is 0 Å². The van der Waals surface area contributed by atoms with Crippen molar-refractivity contribution in [3.8, 4) is 35.1 Å². The predicted molar refractivity (Wildman–Crippen MR) is 160 cm³/mol. The van der Waals surface area contributed by atoms with Gasteiger partial charge in [0, 0.05) is 38.3 Å². The summed E-state index contributed by atoms with van der Waals surface area (Å²) in [7, 11) is 1.94. The Balaban J connectivity index is 1.37. The van der Waals surface area contributed by atoms with Gasteiger partial charge in [0.05, 0.1) is 31.4 Å². The number of aliphatic imine (C=N–C) groups is 1. The van der Waals surface area contributed by atoms with Crippen LogP contribution in [0, 0.1) is 23.0 Å². The molecule has 3 aromatic carbocycles. The topological polar surface area (TPSA) is 92.4 Å². The van der Waals surface area contributed by atoms with E-state index in [9.17, 15) is 5.26 Å². The number of anilines is 1. The number of morpholine rings is 1. The Morgan fingerprint density at radius 1 is 0.886 bits per heavy atom. The number of benzene rings is 3. The lowest BCUT2D eigenvalue weighted by Gasteiger charge is -2.30. The zero-order valence-corrected chi connectivity index (χ0v) is 24.0. The van der Waals surface area contributed by atoms with Gasteiger partial charge < -0.3 is 28.7 Å². The molecule has 0 atom stereocenters. The molecule has 1 aromatic heterocycles. The van der Waals surface area contributed by atoms with Gasteiger partial charge in [-0.2, -0.15) is 19.0 Å². The first-order valence-corrected chi connectivity index (χ1v) is 14.1. The van der Waals surface area contributed by atoms with Gasteiger partial charge in [-0.25, -0.2) is 0 Å². The number of aromatic nitrogens is 1. The SMILES string of the molecule is [13CH3][15N]1C[13CH2][15N]=C1c1cccc(Oc2nc(Oc3cc([13C]#[15N])ccc3OCc3ccccc3)c(F)c(N3CCOCC3)c2F)c1. The van der Waals surface area contributed by atoms with Crippen molar-refractivity contribution >= 4 is 11.5 Å². The zero-order chi connectivity index (χ0) is 30.5. The number of rotatable bonds is 9. The lowest BCUT2D eigenvalue weighted by Crippen LogP contribution is -2.37. The van der Waals surface area contributed by atoms with Gasteiger partial charge in [-0.05, 0) is 29.8 Å². The quantitative estimate of drug-likeness (QED) is 0.172. The summed E-state index contributed by atoms with van der Waals surface area (Å²) in [4.78, 5) is 12.2. The molecule has 0 N–H and O–H groups in total. The Morgan fingerprint density at radius 2 is 1.66 bits per heavy atom. The molecule has 0 spiro atoms. The number of halogens is 2. The third-order valence-corrected chi connectivity index (χ3v) is 7.20. The van der Waals surface area contributed by atoms with Gasteiger partial charge in [0.15, 0.2) is 11.5 Å². The van der Waals surface area contributed by atoms with E-state index < -0.39 is 23.4 Å². The van der Waals surface area contributed by atoms with Crippen LogP contribution < -0.4 is 19.1 Å². The summed E-state index contributed by atoms with van der Waals surface area (Å²) in [6, 6.07) is 23.1. The van der Waals surface area contributed by atoms with Crippen LogP contribution in [0.1, 0.15) is 16.7 Å². The van der Waals surface area contributed by atoms with E-state index in [1.807, 2.05) is 54.4 Å². The van der Waals surface area contributed by atoms with Gasteiger partial charge >= 0.3 is 0 Å². The van der Waals surface area contributed by atoms with Crippen molar-refractivity contribution in [1.82, 2.24) is 9.88 Å². The Bertz CT molecular complexity index is 1720. The molecule has 2 aliphatic rings. The second kappa shape index (κ2) is 13.0. The van der Waals surface area contributed by atoms with E-state index in [1.165, 1.54) is 11.0 Å². The first-order valence-electron chi connectivity index (χ1n) is 14.1. The number of pyridine rings is 1. The Kier molecular flexibility index (Phi) is 8.52. The van der Waals surface area contributed by atoms with Gasteiger partial charge in [0.25, 0.3) is 11.8 Å². The van der Waals surface area contributed by atoms with E-state index in [2.05, 4.69) is 9.98 Å². The maximum Gasteiger partial charge on any atom is 0.261 e. The molecule has 0 radical (unpaired) electrons. The minimum absolute atomic E-state index is 0.0427. The van der Waals surface area contributed by atoms with Gasteiger partial charge in [-0.15, -0.1) is 0 Å². The van der Waals surface area contributed by atoms with Gasteiger partial charge in [-0.1, -0.05) is 42.5 Å². The molecule has 0 unspecified atom stereocenters. The first kappa shape index (κ1) is 28.9. The molecule has 1 fully saturated rings. The zero-order valence-electron chi connectivity index (χ0n) is 24.0. The van der Waals surface area contributed by atoms with Crippen LogP contribution in [-0.4, -0.2) is 62.2 Å². The van der Waals surface area contributed by atoms with Crippen molar-refractivity contribution in [1.29, 1.82) is 5.26 Å². The highest BCUT2D eigenvalue weighted by Crippen LogP contribution is 2.40. The highest BCUT2D eigenvalue weighted by molar-refractivity contribution is 5.99. The molecule has 3 heterocycles. The van der Waals surface area contributed by atoms with Crippen LogP contribution in [0.3, 0.4) is 0 Å². The smallest absolute Gasteiger partial charge is 0.261 e. The number of hydrogen-bond donors (Lipinski definition) is 0. The molecule has 0 amide bonds. The van der Waals surface area contributed by atoms with E-state index in [1.54, 1.807) is 30.3 Å². The number of nitriles is 1. The largest absolute Gasteiger partial charge is 0.485 e. The van der Waals surface area contributed by atoms with Crippen molar-refractivity contribution in [3.05, 3.63) is 101 Å². The molecule has 0 saturated carbocycles. The van der Waals surface area contributed by atoms with Crippen molar-refractivity contribution in [2.24, 2.45) is 4.99 Å². The Morgan fingerprint density at radius 3 is 2.39 bits per heavy atom. The van der Waals surface area contributed by atoms with E-state index in [0.717, 1.165) is 23.5 Å². The minimum atomic E-state index is -1.01. The summed E-state index contributed by atoms with van der Waals surface area (Å²) >= 11 is 0. The van der Waals surface area contributed by atoms with Crippen molar-refractivity contribution in [2.75, 3.05) is 51.3 Å². The second-order valence-electron chi connectivity index (χ2n) is 10.2. The average Bonchev–Trinajstić information content (AvgIpc) is 3.49. The number of hydrogen-bond acceptors (Lipinski definition) is 9. The Labute approximate surface area is 253 Å². The second-order valence-corrected chi connectivity index (χ2v) is 10.2. The molecule has 4 aromatic rings. The third kappa shape index (κ3) is 6.26. The third-order valence-electron chi connectivity index (χ3n) is 7.20. The van der Waals surface area contributed by atoms with Crippen LogP contribution in [0.4, 0.5) is 14.5 Å². The molecular formula is C33H29F2N5O4. The summed E-state index contributed by atoms with van der Waals surface area (Å²) < 4.78 is 55.4. The molecule has 0 bridgehead atoms. The van der Waals surface area contributed by atoms with Crippen molar-refractivity contribution in [2.45, 2.75) is 6.61 Å². The number of likely N-dealkylation sites (N-methyl/N-ethyl adjacent to an activating group) is 1. The number of nitrogens with zero attached hydrogens (tertiary/aromatic N) is 5. The summed E-state index contributed by atoms with van der Waals surface area (Å²) in [6.45, 7) is 2.79. The normalized spacial score (nSPS) is 14.6. The first-order chi connectivity index (χ1) is 21.5. The standard InChI is InChI=1S/C33H29F2N5O4/c1-39-13-12-37-31(39)24-8-5-9-25(19-24)43-32-28(34)30(40-14-16-41-17-15-40)29(35)33(38-32)44-27-18-23(20-36)10-11-26(27)42-21-22-6-3-2-4-7-22/h2-11,18-19H,12-17,21H2,1H3/i1+1,12+1,20+1,36+1,37+1,39+1. The fourth-order valence-corrected chi connectivity index (χ4v) is 4.96. The van der Waals surface area contributed by atoms with E-state index in [-0.39, 0.29) is 42.4 Å². The molecule has 44 heavy (non-hydrogen) atoms. The number of amidine groups is 1. The van der Waals surface area contributed by atoms with E-state index >= 15 is 8.78 Å². The highest BCUT2D eigenvalue weighted by atomic mass is 19.1. The molecule has 224 valence electrons. The summed E-state index contributed by atoms with van der Waals surface area (Å²) in [5.41, 5.74) is 1.61. The molecule has 1 saturated heterocycles. The fraction of sp³-hybridized carbons (Fsp3) is 0.242. The van der Waals surface area contributed by atoms with Crippen molar-refractivity contribution in [3.63, 3.8) is 0 Å². The maximum absolute atomic E-state index is 16.1. The van der Waals surface area contributed by atoms with Gasteiger partial charge in [0.1, 0.15) is 23.9 Å². The molecular weight excluding hydrogens is 574 g/mol. The predicted octanol–water partition coefficient (Wildman–Crippen LogP) is 5.92. The average molecular weight is 604 g/mol. The van der Waals surface area contributed by atoms with Crippen LogP contribution in [0.15, 0.2) is 77.8 Å². The highest BCUT2D eigenvalue weighted by Gasteiger charge is 2.29. The molecule has 6 rings (SSSR count). The van der Waals surface area contributed by atoms with Crippen molar-refractivity contribution < 1.29 is 27.7 Å². The molecule has 9 nitrogen and oxygen atoms in total. The van der Waals surface area contributed by atoms with Gasteiger partial charge in [-0.3, -0.25) is 4.99 Å². The van der Waals surface area contributed by atoms with E-state index in [0.29, 0.717) is 25.5 Å². The summed E-state index contributed by atoms with van der Waals surface area (Å²) in [6.07, 6.45) is 0. The number of ether oxygens (including phenoxy) is 4. The lowest BCUT2D eigenvalue weighted by molar-refractivity contribution is 0.122. The summed E-state index contributed by atoms with van der Waals surface area (Å²) in [5.74, 6) is -1.59. The lowest BCUT2D eigenvalue weighted by atomic mass is 10.2. The Hall–Kier alpha value is -5.21. The molecule has 0 aliphatic carbocycles. The van der Waals surface area contributed by atoms with Gasteiger partial charge in [0.2, 0.25) is 11.6 Å². The summed E-state index contributed by atoms with van der Waals surface area (Å²) in [5, 5.41) is 9.52. The van der Waals surface area contributed by atoms with Crippen LogP contribution >= 0.6 is 0 Å². The van der Waals surface area contributed by atoms with E-state index in [4.69, 9.17) is 18.9 Å². The molecule has 2 aliphatic heterocycles. The fourth-order valence-electron chi connectivity index (χ4n) is 4.96. The monoisotopic (exact) mass is 603 g/mol. The maximum atomic E-state index is 16.1. The minimum Gasteiger partial charge on any atom is -0.485 e. The van der Waals surface area contributed by atoms with Crippen LogP contribution in [-0.2, 0) is 11.3 Å². The molecule has 11 heteroatoms.